The van der Waals surface area contributed by atoms with E-state index < -0.39 is 17.8 Å². The fraction of sp³-hybridized carbons (Fsp3) is 0.211. The Labute approximate surface area is 164 Å². The van der Waals surface area contributed by atoms with Crippen LogP contribution in [0.25, 0.3) is 5.69 Å². The molecule has 0 fully saturated rings. The molecule has 0 N–H and O–H groups in total. The Hall–Kier alpha value is -3.13. The molecule has 0 aliphatic carbocycles. The van der Waals surface area contributed by atoms with Gasteiger partial charge in [0.15, 0.2) is 0 Å². The predicted molar refractivity (Wildman–Crippen MR) is 97.2 cm³/mol. The number of aryl methyl sites for hydroxylation is 2. The summed E-state index contributed by atoms with van der Waals surface area (Å²) < 4.78 is 29.6. The molecule has 7 nitrogen and oxygen atoms in total. The number of furan rings is 1. The van der Waals surface area contributed by atoms with Crippen LogP contribution in [-0.4, -0.2) is 28.8 Å². The van der Waals surface area contributed by atoms with Gasteiger partial charge in [-0.3, -0.25) is 0 Å². The Bertz CT molecular complexity index is 1040. The molecule has 0 unspecified atom stereocenters. The fourth-order valence-corrected chi connectivity index (χ4v) is 2.96. The van der Waals surface area contributed by atoms with Crippen molar-refractivity contribution < 1.29 is 27.9 Å². The standard InChI is InChI=1S/C19H16ClFN2O5/c1-10-8-14(28-16(10)19(25)26-3)9-27-18(24)15-11(2)22-23(17(15)20)13-6-4-12(21)5-7-13/h4-8H,9H2,1-3H3. The van der Waals surface area contributed by atoms with Crippen LogP contribution in [0, 0.1) is 19.7 Å². The van der Waals surface area contributed by atoms with Crippen LogP contribution in [-0.2, 0) is 16.1 Å². The number of esters is 2. The second-order valence-corrected chi connectivity index (χ2v) is 6.29. The lowest BCUT2D eigenvalue weighted by Gasteiger charge is -2.04. The number of aromatic nitrogens is 2. The highest BCUT2D eigenvalue weighted by atomic mass is 35.5. The molecule has 1 aromatic carbocycles. The summed E-state index contributed by atoms with van der Waals surface area (Å²) in [7, 11) is 1.24. The van der Waals surface area contributed by atoms with Crippen LogP contribution in [0.3, 0.4) is 0 Å². The monoisotopic (exact) mass is 406 g/mol. The number of carbonyl (C=O) groups excluding carboxylic acids is 2. The normalized spacial score (nSPS) is 10.8. The average Bonchev–Trinajstić information content (AvgIpc) is 3.19. The first-order valence-electron chi connectivity index (χ1n) is 8.17. The maximum Gasteiger partial charge on any atom is 0.374 e. The quantitative estimate of drug-likeness (QED) is 0.595. The molecular formula is C19H16ClFN2O5. The minimum atomic E-state index is -0.704. The molecule has 0 saturated heterocycles. The van der Waals surface area contributed by atoms with E-state index in [1.54, 1.807) is 19.9 Å². The number of hydrogen-bond acceptors (Lipinski definition) is 6. The van der Waals surface area contributed by atoms with Gasteiger partial charge in [0, 0.05) is 5.56 Å². The summed E-state index contributed by atoms with van der Waals surface area (Å²) in [4.78, 5) is 24.1. The van der Waals surface area contributed by atoms with Gasteiger partial charge in [-0.25, -0.2) is 18.7 Å². The van der Waals surface area contributed by atoms with Crippen molar-refractivity contribution in [2.24, 2.45) is 0 Å². The predicted octanol–water partition coefficient (Wildman–Crippen LogP) is 4.02. The number of rotatable bonds is 5. The van der Waals surface area contributed by atoms with E-state index in [1.807, 2.05) is 0 Å². The van der Waals surface area contributed by atoms with Crippen LogP contribution in [0.1, 0.15) is 37.9 Å². The van der Waals surface area contributed by atoms with Crippen LogP contribution in [0.2, 0.25) is 5.15 Å². The van der Waals surface area contributed by atoms with Crippen LogP contribution in [0.4, 0.5) is 4.39 Å². The number of methoxy groups -OCH3 is 1. The number of hydrogen-bond donors (Lipinski definition) is 0. The second-order valence-electron chi connectivity index (χ2n) is 5.93. The second kappa shape index (κ2) is 7.85. The molecule has 0 saturated carbocycles. The van der Waals surface area contributed by atoms with Gasteiger partial charge in [0.05, 0.1) is 18.5 Å². The number of ether oxygens (including phenoxy) is 2. The molecule has 146 valence electrons. The largest absolute Gasteiger partial charge is 0.463 e. The molecule has 2 aromatic heterocycles. The lowest BCUT2D eigenvalue weighted by Crippen LogP contribution is -2.06. The highest BCUT2D eigenvalue weighted by molar-refractivity contribution is 6.33. The van der Waals surface area contributed by atoms with Gasteiger partial charge in [-0.1, -0.05) is 11.6 Å². The lowest BCUT2D eigenvalue weighted by atomic mass is 10.2. The third-order valence-electron chi connectivity index (χ3n) is 3.96. The summed E-state index contributed by atoms with van der Waals surface area (Å²) in [5, 5.41) is 4.26. The van der Waals surface area contributed by atoms with Gasteiger partial charge in [-0.05, 0) is 44.2 Å². The minimum Gasteiger partial charge on any atom is -0.463 e. The average molecular weight is 407 g/mol. The smallest absolute Gasteiger partial charge is 0.374 e. The Morgan fingerprint density at radius 1 is 1.21 bits per heavy atom. The van der Waals surface area contributed by atoms with Gasteiger partial charge in [0.1, 0.15) is 28.9 Å². The molecule has 0 bridgehead atoms. The first-order valence-corrected chi connectivity index (χ1v) is 8.55. The van der Waals surface area contributed by atoms with E-state index in [-0.39, 0.29) is 28.8 Å². The third kappa shape index (κ3) is 3.77. The van der Waals surface area contributed by atoms with E-state index in [4.69, 9.17) is 20.8 Å². The Morgan fingerprint density at radius 2 is 1.89 bits per heavy atom. The highest BCUT2D eigenvalue weighted by Crippen LogP contribution is 2.25. The molecule has 3 rings (SSSR count). The van der Waals surface area contributed by atoms with Crippen molar-refractivity contribution >= 4 is 23.5 Å². The fourth-order valence-electron chi connectivity index (χ4n) is 2.61. The van der Waals surface area contributed by atoms with Crippen LogP contribution in [0.15, 0.2) is 34.7 Å². The van der Waals surface area contributed by atoms with Crippen LogP contribution in [0.5, 0.6) is 0 Å². The van der Waals surface area contributed by atoms with E-state index >= 15 is 0 Å². The van der Waals surface area contributed by atoms with Gasteiger partial charge in [-0.2, -0.15) is 5.10 Å². The molecule has 0 aliphatic rings. The van der Waals surface area contributed by atoms with Gasteiger partial charge in [0.25, 0.3) is 0 Å². The lowest BCUT2D eigenvalue weighted by molar-refractivity contribution is 0.0438. The number of carbonyl (C=O) groups is 2. The molecule has 9 heteroatoms. The maximum atomic E-state index is 13.1. The summed E-state index contributed by atoms with van der Waals surface area (Å²) in [5.41, 5.74) is 1.50. The van der Waals surface area contributed by atoms with Crippen molar-refractivity contribution in [3.05, 3.63) is 69.6 Å². The van der Waals surface area contributed by atoms with Gasteiger partial charge >= 0.3 is 11.9 Å². The van der Waals surface area contributed by atoms with E-state index in [2.05, 4.69) is 9.84 Å². The van der Waals surface area contributed by atoms with Crippen molar-refractivity contribution in [3.63, 3.8) is 0 Å². The number of nitrogens with zero attached hydrogens (tertiary/aromatic N) is 2. The number of halogens is 2. The summed E-state index contributed by atoms with van der Waals surface area (Å²) >= 11 is 6.29. The van der Waals surface area contributed by atoms with Crippen LogP contribution < -0.4 is 0 Å². The van der Waals surface area contributed by atoms with E-state index in [0.29, 0.717) is 16.9 Å². The van der Waals surface area contributed by atoms with Crippen molar-refractivity contribution in [1.29, 1.82) is 0 Å². The molecule has 28 heavy (non-hydrogen) atoms. The molecule has 3 aromatic rings. The SMILES string of the molecule is COC(=O)c1oc(COC(=O)c2c(C)nn(-c3ccc(F)cc3)c2Cl)cc1C. The summed E-state index contributed by atoms with van der Waals surface area (Å²) in [6.07, 6.45) is 0. The summed E-state index contributed by atoms with van der Waals surface area (Å²) in [5.74, 6) is -1.39. The van der Waals surface area contributed by atoms with Crippen molar-refractivity contribution in [1.82, 2.24) is 9.78 Å². The van der Waals surface area contributed by atoms with Crippen LogP contribution >= 0.6 is 11.6 Å². The van der Waals surface area contributed by atoms with Crippen molar-refractivity contribution in [2.75, 3.05) is 7.11 Å². The molecule has 0 amide bonds. The van der Waals surface area contributed by atoms with Gasteiger partial charge in [0.2, 0.25) is 5.76 Å². The zero-order valence-electron chi connectivity index (χ0n) is 15.3. The van der Waals surface area contributed by atoms with E-state index in [0.717, 1.165) is 0 Å². The molecular weight excluding hydrogens is 391 g/mol. The zero-order chi connectivity index (χ0) is 20.4. The van der Waals surface area contributed by atoms with Crippen molar-refractivity contribution in [2.45, 2.75) is 20.5 Å². The highest BCUT2D eigenvalue weighted by Gasteiger charge is 2.23. The Balaban J connectivity index is 1.78. The summed E-state index contributed by atoms with van der Waals surface area (Å²) in [6, 6.07) is 7.08. The zero-order valence-corrected chi connectivity index (χ0v) is 16.0. The first-order chi connectivity index (χ1) is 13.3. The Morgan fingerprint density at radius 3 is 2.54 bits per heavy atom. The van der Waals surface area contributed by atoms with Gasteiger partial charge < -0.3 is 13.9 Å². The molecule has 0 aliphatic heterocycles. The molecule has 0 spiro atoms. The van der Waals surface area contributed by atoms with Gasteiger partial charge in [-0.15, -0.1) is 0 Å². The minimum absolute atomic E-state index is 0.0417. The third-order valence-corrected chi connectivity index (χ3v) is 4.31. The number of benzene rings is 1. The molecule has 0 atom stereocenters. The maximum absolute atomic E-state index is 13.1. The first kappa shape index (κ1) is 19.6. The summed E-state index contributed by atoms with van der Waals surface area (Å²) in [6.45, 7) is 3.08. The Kier molecular flexibility index (Phi) is 5.51. The van der Waals surface area contributed by atoms with E-state index in [1.165, 1.54) is 36.1 Å². The molecule has 2 heterocycles. The van der Waals surface area contributed by atoms with E-state index in [9.17, 15) is 14.0 Å². The molecule has 0 radical (unpaired) electrons. The topological polar surface area (TPSA) is 83.6 Å². The van der Waals surface area contributed by atoms with Crippen molar-refractivity contribution in [3.8, 4) is 5.69 Å².